The van der Waals surface area contributed by atoms with Gasteiger partial charge in [-0.15, -0.1) is 11.6 Å². The lowest BCUT2D eigenvalue weighted by Gasteiger charge is -2.09. The van der Waals surface area contributed by atoms with Gasteiger partial charge in [-0.25, -0.2) is 4.98 Å². The molecule has 0 radical (unpaired) electrons. The Morgan fingerprint density at radius 3 is 2.72 bits per heavy atom. The van der Waals surface area contributed by atoms with Crippen LogP contribution in [-0.2, 0) is 12.3 Å². The molecule has 1 aromatic heterocycles. The van der Waals surface area contributed by atoms with Crippen LogP contribution in [0.5, 0.6) is 5.75 Å². The highest BCUT2D eigenvalue weighted by Crippen LogP contribution is 2.32. The third-order valence-electron chi connectivity index (χ3n) is 2.99. The average molecular weight is 265 g/mol. The number of ether oxygens (including phenoxy) is 1. The summed E-state index contributed by atoms with van der Waals surface area (Å²) in [5, 5.41) is 0. The molecule has 18 heavy (non-hydrogen) atoms. The molecular formula is C14H17ClN2O. The van der Waals surface area contributed by atoms with Gasteiger partial charge in [-0.2, -0.15) is 0 Å². The molecule has 1 aromatic carbocycles. The highest BCUT2D eigenvalue weighted by atomic mass is 35.5. The van der Waals surface area contributed by atoms with Gasteiger partial charge >= 0.3 is 0 Å². The fraction of sp³-hybridized carbons (Fsp3) is 0.357. The second-order valence-electron chi connectivity index (χ2n) is 4.18. The van der Waals surface area contributed by atoms with Crippen LogP contribution in [0, 0.1) is 6.92 Å². The Balaban J connectivity index is 2.56. The van der Waals surface area contributed by atoms with E-state index in [4.69, 9.17) is 16.3 Å². The number of imidazole rings is 1. The normalized spacial score (nSPS) is 10.7. The quantitative estimate of drug-likeness (QED) is 0.855. The molecule has 0 bridgehead atoms. The number of halogens is 1. The van der Waals surface area contributed by atoms with E-state index in [0.717, 1.165) is 34.9 Å². The second-order valence-corrected chi connectivity index (χ2v) is 4.45. The first kappa shape index (κ1) is 13.0. The van der Waals surface area contributed by atoms with Gasteiger partial charge < -0.3 is 9.72 Å². The number of methoxy groups -OCH3 is 1. The van der Waals surface area contributed by atoms with Gasteiger partial charge in [0.2, 0.25) is 0 Å². The van der Waals surface area contributed by atoms with E-state index in [9.17, 15) is 0 Å². The summed E-state index contributed by atoms with van der Waals surface area (Å²) < 4.78 is 5.41. The van der Waals surface area contributed by atoms with Crippen LogP contribution in [-0.4, -0.2) is 17.1 Å². The fourth-order valence-electron chi connectivity index (χ4n) is 2.01. The number of aromatic nitrogens is 2. The number of benzene rings is 1. The number of nitrogens with zero attached hydrogens (tertiary/aromatic N) is 1. The third kappa shape index (κ3) is 2.36. The first-order chi connectivity index (χ1) is 8.69. The summed E-state index contributed by atoms with van der Waals surface area (Å²) in [6.45, 7) is 4.13. The number of aromatic amines is 1. The van der Waals surface area contributed by atoms with Crippen LogP contribution < -0.4 is 4.74 Å². The zero-order chi connectivity index (χ0) is 13.1. The molecule has 0 aliphatic rings. The molecule has 0 aliphatic heterocycles. The van der Waals surface area contributed by atoms with Crippen LogP contribution in [0.3, 0.4) is 0 Å². The van der Waals surface area contributed by atoms with E-state index < -0.39 is 0 Å². The molecular weight excluding hydrogens is 248 g/mol. The predicted molar refractivity (Wildman–Crippen MR) is 74.2 cm³/mol. The minimum absolute atomic E-state index is 0.386. The SMILES string of the molecule is CCc1ccc(OC)c(-c2nc(CCl)[nH]c2C)c1. The van der Waals surface area contributed by atoms with E-state index in [0.29, 0.717) is 5.88 Å². The van der Waals surface area contributed by atoms with E-state index >= 15 is 0 Å². The zero-order valence-electron chi connectivity index (χ0n) is 10.9. The van der Waals surface area contributed by atoms with Crippen LogP contribution in [0.15, 0.2) is 18.2 Å². The van der Waals surface area contributed by atoms with Gasteiger partial charge in [0.15, 0.2) is 0 Å². The lowest BCUT2D eigenvalue weighted by molar-refractivity contribution is 0.416. The summed E-state index contributed by atoms with van der Waals surface area (Å²) in [6, 6.07) is 6.19. The monoisotopic (exact) mass is 264 g/mol. The van der Waals surface area contributed by atoms with E-state index in [1.807, 2.05) is 13.0 Å². The zero-order valence-corrected chi connectivity index (χ0v) is 11.6. The molecule has 96 valence electrons. The topological polar surface area (TPSA) is 37.9 Å². The highest BCUT2D eigenvalue weighted by Gasteiger charge is 2.13. The van der Waals surface area contributed by atoms with Gasteiger partial charge in [-0.05, 0) is 31.0 Å². The van der Waals surface area contributed by atoms with Crippen molar-refractivity contribution >= 4 is 11.6 Å². The van der Waals surface area contributed by atoms with Gasteiger partial charge in [0.1, 0.15) is 11.6 Å². The third-order valence-corrected chi connectivity index (χ3v) is 3.24. The number of rotatable bonds is 4. The fourth-order valence-corrected chi connectivity index (χ4v) is 2.13. The second kappa shape index (κ2) is 5.44. The highest BCUT2D eigenvalue weighted by molar-refractivity contribution is 6.16. The number of hydrogen-bond donors (Lipinski definition) is 1. The number of alkyl halides is 1. The van der Waals surface area contributed by atoms with Gasteiger partial charge in [0.05, 0.1) is 18.7 Å². The van der Waals surface area contributed by atoms with Crippen molar-refractivity contribution in [3.63, 3.8) is 0 Å². The van der Waals surface area contributed by atoms with Crippen LogP contribution in [0.2, 0.25) is 0 Å². The molecule has 0 saturated heterocycles. The summed E-state index contributed by atoms with van der Waals surface area (Å²) in [4.78, 5) is 7.70. The molecule has 0 aliphatic carbocycles. The van der Waals surface area contributed by atoms with E-state index in [2.05, 4.69) is 29.0 Å². The lowest BCUT2D eigenvalue weighted by atomic mass is 10.0. The van der Waals surface area contributed by atoms with Crippen molar-refractivity contribution in [2.24, 2.45) is 0 Å². The first-order valence-corrected chi connectivity index (χ1v) is 6.51. The smallest absolute Gasteiger partial charge is 0.128 e. The summed E-state index contributed by atoms with van der Waals surface area (Å²) in [5.74, 6) is 2.01. The van der Waals surface area contributed by atoms with Gasteiger partial charge in [-0.3, -0.25) is 0 Å². The van der Waals surface area contributed by atoms with E-state index in [1.165, 1.54) is 5.56 Å². The number of aryl methyl sites for hydroxylation is 2. The summed E-state index contributed by atoms with van der Waals surface area (Å²) in [7, 11) is 1.68. The molecule has 2 aromatic rings. The molecule has 2 rings (SSSR count). The van der Waals surface area contributed by atoms with E-state index in [-0.39, 0.29) is 0 Å². The van der Waals surface area contributed by atoms with Gasteiger partial charge in [0, 0.05) is 11.3 Å². The Hall–Kier alpha value is -1.48. The maximum absolute atomic E-state index is 5.81. The molecule has 4 heteroatoms. The number of nitrogens with one attached hydrogen (secondary N) is 1. The van der Waals surface area contributed by atoms with Crippen molar-refractivity contribution in [2.45, 2.75) is 26.1 Å². The summed E-state index contributed by atoms with van der Waals surface area (Å²) in [6.07, 6.45) is 0.989. The summed E-state index contributed by atoms with van der Waals surface area (Å²) in [5.41, 5.74) is 4.21. The predicted octanol–water partition coefficient (Wildman–Crippen LogP) is 3.69. The van der Waals surface area contributed by atoms with Crippen molar-refractivity contribution in [3.8, 4) is 17.0 Å². The van der Waals surface area contributed by atoms with Gasteiger partial charge in [-0.1, -0.05) is 13.0 Å². The maximum atomic E-state index is 5.81. The molecule has 0 spiro atoms. The van der Waals surface area contributed by atoms with Crippen molar-refractivity contribution < 1.29 is 4.74 Å². The average Bonchev–Trinajstić information content (AvgIpc) is 2.79. The van der Waals surface area contributed by atoms with Crippen LogP contribution in [0.25, 0.3) is 11.3 Å². The van der Waals surface area contributed by atoms with Crippen molar-refractivity contribution in [2.75, 3.05) is 7.11 Å². The maximum Gasteiger partial charge on any atom is 0.128 e. The number of H-pyrrole nitrogens is 1. The molecule has 3 nitrogen and oxygen atoms in total. The summed E-state index contributed by atoms with van der Waals surface area (Å²) >= 11 is 5.81. The molecule has 0 saturated carbocycles. The van der Waals surface area contributed by atoms with Gasteiger partial charge in [0.25, 0.3) is 0 Å². The van der Waals surface area contributed by atoms with Crippen molar-refractivity contribution in [1.82, 2.24) is 9.97 Å². The standard InChI is InChI=1S/C14H17ClN2O/c1-4-10-5-6-12(18-3)11(7-10)14-9(2)16-13(8-15)17-14/h5-7H,4,8H2,1-3H3,(H,16,17). The minimum Gasteiger partial charge on any atom is -0.496 e. The molecule has 1 heterocycles. The van der Waals surface area contributed by atoms with Crippen LogP contribution in [0.1, 0.15) is 24.0 Å². The van der Waals surface area contributed by atoms with Crippen molar-refractivity contribution in [1.29, 1.82) is 0 Å². The first-order valence-electron chi connectivity index (χ1n) is 5.98. The Labute approximate surface area is 112 Å². The molecule has 0 atom stereocenters. The van der Waals surface area contributed by atoms with Crippen molar-refractivity contribution in [3.05, 3.63) is 35.3 Å². The Kier molecular flexibility index (Phi) is 3.92. The molecule has 1 N–H and O–H groups in total. The van der Waals surface area contributed by atoms with E-state index in [1.54, 1.807) is 7.11 Å². The lowest BCUT2D eigenvalue weighted by Crippen LogP contribution is -1.92. The molecule has 0 fully saturated rings. The Morgan fingerprint density at radius 1 is 1.39 bits per heavy atom. The molecule has 0 unspecified atom stereocenters. The molecule has 0 amide bonds. The minimum atomic E-state index is 0.386. The Morgan fingerprint density at radius 2 is 2.17 bits per heavy atom. The Bertz CT molecular complexity index is 549. The van der Waals surface area contributed by atoms with Crippen LogP contribution >= 0.6 is 11.6 Å². The largest absolute Gasteiger partial charge is 0.496 e. The van der Waals surface area contributed by atoms with Crippen LogP contribution in [0.4, 0.5) is 0 Å². The number of hydrogen-bond acceptors (Lipinski definition) is 2.